The molecule has 0 atom stereocenters. The van der Waals surface area contributed by atoms with E-state index in [2.05, 4.69) is 71.1 Å². The van der Waals surface area contributed by atoms with Crippen molar-refractivity contribution in [1.29, 1.82) is 0 Å². The quantitative estimate of drug-likeness (QED) is 0.876. The zero-order valence-corrected chi connectivity index (χ0v) is 13.0. The summed E-state index contributed by atoms with van der Waals surface area (Å²) in [4.78, 5) is 2.20. The Kier molecular flexibility index (Phi) is 4.80. The third kappa shape index (κ3) is 4.02. The van der Waals surface area contributed by atoms with Crippen molar-refractivity contribution in [3.8, 4) is 0 Å². The highest BCUT2D eigenvalue weighted by Gasteiger charge is 2.16. The van der Waals surface area contributed by atoms with Crippen LogP contribution in [0.2, 0.25) is 0 Å². The topological polar surface area (TPSA) is 15.3 Å². The van der Waals surface area contributed by atoms with E-state index in [0.717, 1.165) is 13.1 Å². The molecule has 0 aliphatic rings. The minimum atomic E-state index is 0.220. The second-order valence-corrected chi connectivity index (χ2v) is 6.47. The van der Waals surface area contributed by atoms with Crippen LogP contribution in [0.3, 0.4) is 0 Å². The van der Waals surface area contributed by atoms with Gasteiger partial charge in [0.2, 0.25) is 0 Å². The highest BCUT2D eigenvalue weighted by molar-refractivity contribution is 5.59. The normalized spacial score (nSPS) is 12.0. The summed E-state index contributed by atoms with van der Waals surface area (Å²) in [5, 5.41) is 3.55. The molecule has 0 bridgehead atoms. The number of aryl methyl sites for hydroxylation is 2. The summed E-state index contributed by atoms with van der Waals surface area (Å²) in [6.07, 6.45) is 0. The molecular formula is C16H28N2. The fraction of sp³-hybridized carbons (Fsp3) is 0.625. The van der Waals surface area contributed by atoms with Crippen LogP contribution in [0.1, 0.15) is 37.5 Å². The van der Waals surface area contributed by atoms with Gasteiger partial charge >= 0.3 is 0 Å². The van der Waals surface area contributed by atoms with Crippen molar-refractivity contribution < 1.29 is 0 Å². The zero-order valence-electron chi connectivity index (χ0n) is 13.0. The Morgan fingerprint density at radius 3 is 1.94 bits per heavy atom. The summed E-state index contributed by atoms with van der Waals surface area (Å²) in [6.45, 7) is 13.2. The minimum Gasteiger partial charge on any atom is -0.383 e. The van der Waals surface area contributed by atoms with Gasteiger partial charge in [0.1, 0.15) is 0 Å². The van der Waals surface area contributed by atoms with Crippen LogP contribution in [0.15, 0.2) is 12.1 Å². The predicted molar refractivity (Wildman–Crippen MR) is 81.7 cm³/mol. The van der Waals surface area contributed by atoms with Crippen LogP contribution in [-0.4, -0.2) is 32.1 Å². The first-order chi connectivity index (χ1) is 8.21. The predicted octanol–water partition coefficient (Wildman–Crippen LogP) is 3.57. The van der Waals surface area contributed by atoms with Crippen molar-refractivity contribution in [3.63, 3.8) is 0 Å². The van der Waals surface area contributed by atoms with E-state index in [1.807, 2.05) is 0 Å². The van der Waals surface area contributed by atoms with Crippen molar-refractivity contribution in [2.75, 3.05) is 32.5 Å². The zero-order chi connectivity index (χ0) is 13.9. The van der Waals surface area contributed by atoms with Gasteiger partial charge in [-0.3, -0.25) is 0 Å². The van der Waals surface area contributed by atoms with E-state index < -0.39 is 0 Å². The fourth-order valence-electron chi connectivity index (χ4n) is 2.08. The van der Waals surface area contributed by atoms with Gasteiger partial charge in [-0.1, -0.05) is 32.9 Å². The lowest BCUT2D eigenvalue weighted by Crippen LogP contribution is -2.21. The molecule has 0 fully saturated rings. The Balaban J connectivity index is 2.88. The second-order valence-electron chi connectivity index (χ2n) is 6.47. The number of anilines is 1. The van der Waals surface area contributed by atoms with Gasteiger partial charge in [-0.2, -0.15) is 0 Å². The summed E-state index contributed by atoms with van der Waals surface area (Å²) in [5.74, 6) is 0. The molecule has 0 amide bonds. The highest BCUT2D eigenvalue weighted by Crippen LogP contribution is 2.29. The Morgan fingerprint density at radius 1 is 1.06 bits per heavy atom. The van der Waals surface area contributed by atoms with E-state index in [0.29, 0.717) is 0 Å². The molecule has 0 aromatic heterocycles. The minimum absolute atomic E-state index is 0.220. The molecule has 0 spiro atoms. The van der Waals surface area contributed by atoms with E-state index in [1.165, 1.54) is 22.4 Å². The molecule has 18 heavy (non-hydrogen) atoms. The van der Waals surface area contributed by atoms with Gasteiger partial charge in [-0.25, -0.2) is 0 Å². The van der Waals surface area contributed by atoms with Gasteiger partial charge in [-0.05, 0) is 50.0 Å². The van der Waals surface area contributed by atoms with Gasteiger partial charge in [0.15, 0.2) is 0 Å². The maximum Gasteiger partial charge on any atom is 0.0400 e. The first-order valence-corrected chi connectivity index (χ1v) is 6.72. The van der Waals surface area contributed by atoms with Crippen molar-refractivity contribution in [2.45, 2.75) is 40.0 Å². The van der Waals surface area contributed by atoms with E-state index in [4.69, 9.17) is 0 Å². The number of rotatable bonds is 4. The molecule has 2 heteroatoms. The van der Waals surface area contributed by atoms with Gasteiger partial charge in [-0.15, -0.1) is 0 Å². The number of hydrogen-bond acceptors (Lipinski definition) is 2. The van der Waals surface area contributed by atoms with Crippen LogP contribution in [0.5, 0.6) is 0 Å². The number of nitrogens with zero attached hydrogens (tertiary/aromatic N) is 1. The summed E-state index contributed by atoms with van der Waals surface area (Å²) in [6, 6.07) is 4.62. The molecule has 0 unspecified atom stereocenters. The summed E-state index contributed by atoms with van der Waals surface area (Å²) < 4.78 is 0. The van der Waals surface area contributed by atoms with Crippen LogP contribution in [0.25, 0.3) is 0 Å². The molecule has 1 N–H and O–H groups in total. The maximum absolute atomic E-state index is 3.55. The van der Waals surface area contributed by atoms with E-state index in [-0.39, 0.29) is 5.41 Å². The molecule has 0 aliphatic heterocycles. The average Bonchev–Trinajstić information content (AvgIpc) is 2.20. The smallest absolute Gasteiger partial charge is 0.0400 e. The molecular weight excluding hydrogens is 220 g/mol. The van der Waals surface area contributed by atoms with E-state index in [9.17, 15) is 0 Å². The highest BCUT2D eigenvalue weighted by atomic mass is 15.1. The van der Waals surface area contributed by atoms with Crippen molar-refractivity contribution >= 4 is 5.69 Å². The molecule has 0 saturated carbocycles. The third-order valence-corrected chi connectivity index (χ3v) is 3.26. The van der Waals surface area contributed by atoms with Crippen LogP contribution >= 0.6 is 0 Å². The molecule has 1 aromatic carbocycles. The number of likely N-dealkylation sites (N-methyl/N-ethyl adjacent to an activating group) is 1. The summed E-state index contributed by atoms with van der Waals surface area (Å²) >= 11 is 0. The van der Waals surface area contributed by atoms with Crippen LogP contribution in [-0.2, 0) is 5.41 Å². The fourth-order valence-corrected chi connectivity index (χ4v) is 2.08. The maximum atomic E-state index is 3.55. The lowest BCUT2D eigenvalue weighted by Gasteiger charge is -2.23. The Labute approximate surface area is 112 Å². The third-order valence-electron chi connectivity index (χ3n) is 3.26. The summed E-state index contributed by atoms with van der Waals surface area (Å²) in [7, 11) is 4.20. The number of hydrogen-bond donors (Lipinski definition) is 1. The largest absolute Gasteiger partial charge is 0.383 e. The molecule has 0 heterocycles. The van der Waals surface area contributed by atoms with Crippen molar-refractivity contribution in [1.82, 2.24) is 4.90 Å². The second kappa shape index (κ2) is 5.75. The standard InChI is InChI=1S/C16H28N2/c1-12-10-14(16(3,4)5)11-13(2)15(12)17-8-9-18(6)7/h10-11,17H,8-9H2,1-7H3. The van der Waals surface area contributed by atoms with Gasteiger partial charge in [0.05, 0.1) is 0 Å². The number of nitrogens with one attached hydrogen (secondary N) is 1. The average molecular weight is 248 g/mol. The lowest BCUT2D eigenvalue weighted by atomic mass is 9.85. The van der Waals surface area contributed by atoms with Gasteiger partial charge < -0.3 is 10.2 Å². The van der Waals surface area contributed by atoms with E-state index >= 15 is 0 Å². The van der Waals surface area contributed by atoms with Crippen molar-refractivity contribution in [3.05, 3.63) is 28.8 Å². The lowest BCUT2D eigenvalue weighted by molar-refractivity contribution is 0.425. The van der Waals surface area contributed by atoms with Crippen LogP contribution in [0, 0.1) is 13.8 Å². The molecule has 1 rings (SSSR count). The Morgan fingerprint density at radius 2 is 1.56 bits per heavy atom. The Bertz CT molecular complexity index is 377. The van der Waals surface area contributed by atoms with Crippen LogP contribution in [0.4, 0.5) is 5.69 Å². The molecule has 0 radical (unpaired) electrons. The Hall–Kier alpha value is -1.02. The van der Waals surface area contributed by atoms with E-state index in [1.54, 1.807) is 0 Å². The first kappa shape index (κ1) is 15.0. The first-order valence-electron chi connectivity index (χ1n) is 6.72. The molecule has 2 nitrogen and oxygen atoms in total. The molecule has 102 valence electrons. The van der Waals surface area contributed by atoms with Crippen LogP contribution < -0.4 is 5.32 Å². The van der Waals surface area contributed by atoms with Gasteiger partial charge in [0, 0.05) is 18.8 Å². The molecule has 0 aliphatic carbocycles. The van der Waals surface area contributed by atoms with Gasteiger partial charge in [0.25, 0.3) is 0 Å². The molecule has 0 saturated heterocycles. The SMILES string of the molecule is Cc1cc(C(C)(C)C)cc(C)c1NCCN(C)C. The summed E-state index contributed by atoms with van der Waals surface area (Å²) in [5.41, 5.74) is 5.62. The number of benzene rings is 1. The van der Waals surface area contributed by atoms with Crippen molar-refractivity contribution in [2.24, 2.45) is 0 Å². The monoisotopic (exact) mass is 248 g/mol. The molecule has 1 aromatic rings.